The molecule has 2 atom stereocenters. The molecule has 0 aromatic heterocycles. The lowest BCUT2D eigenvalue weighted by molar-refractivity contribution is -0.137. The summed E-state index contributed by atoms with van der Waals surface area (Å²) in [7, 11) is 2.95. The monoisotopic (exact) mass is 564 g/mol. The fourth-order valence-corrected chi connectivity index (χ4v) is 5.25. The van der Waals surface area contributed by atoms with Crippen molar-refractivity contribution in [1.82, 2.24) is 0 Å². The molecule has 2 aliphatic carbocycles. The largest absolute Gasteiger partial charge is 0.497 e. The molecule has 2 unspecified atom stereocenters. The number of allylic oxidation sites excluding steroid dienone is 6. The van der Waals surface area contributed by atoms with Crippen molar-refractivity contribution < 1.29 is 29.0 Å². The molecule has 1 aromatic rings. The molecule has 0 spiro atoms. The first-order valence-corrected chi connectivity index (χ1v) is 15.1. The van der Waals surface area contributed by atoms with Gasteiger partial charge in [-0.3, -0.25) is 14.4 Å². The van der Waals surface area contributed by atoms with Gasteiger partial charge in [0.05, 0.1) is 14.2 Å². The zero-order valence-corrected chi connectivity index (χ0v) is 24.9. The van der Waals surface area contributed by atoms with E-state index in [0.29, 0.717) is 12.0 Å². The highest BCUT2D eigenvalue weighted by molar-refractivity contribution is 6.19. The quantitative estimate of drug-likeness (QED) is 0.110. The summed E-state index contributed by atoms with van der Waals surface area (Å²) in [5.41, 5.74) is 1.26. The number of carboxylic acid groups (broad SMARTS) is 1. The summed E-state index contributed by atoms with van der Waals surface area (Å²) in [6, 6.07) is 7.30. The van der Waals surface area contributed by atoms with E-state index in [9.17, 15) is 14.4 Å². The van der Waals surface area contributed by atoms with Crippen molar-refractivity contribution in [3.63, 3.8) is 0 Å². The lowest BCUT2D eigenvalue weighted by Gasteiger charge is -2.18. The van der Waals surface area contributed by atoms with Crippen molar-refractivity contribution in [2.45, 2.75) is 95.8 Å². The smallest absolute Gasteiger partial charge is 0.303 e. The average molecular weight is 565 g/mol. The van der Waals surface area contributed by atoms with Crippen LogP contribution < -0.4 is 4.74 Å². The van der Waals surface area contributed by atoms with Gasteiger partial charge in [0.2, 0.25) is 5.78 Å². The molecule has 1 aromatic carbocycles. The Hall–Kier alpha value is -3.41. The van der Waals surface area contributed by atoms with Crippen LogP contribution >= 0.6 is 0 Å². The number of ether oxygens (including phenoxy) is 2. The molecule has 0 amide bonds. The minimum Gasteiger partial charge on any atom is -0.497 e. The van der Waals surface area contributed by atoms with Crippen LogP contribution in [0.25, 0.3) is 0 Å². The van der Waals surface area contributed by atoms with Crippen molar-refractivity contribution in [2.75, 3.05) is 14.2 Å². The molecular weight excluding hydrogens is 516 g/mol. The van der Waals surface area contributed by atoms with Gasteiger partial charge in [0.15, 0.2) is 11.5 Å². The van der Waals surface area contributed by atoms with E-state index in [4.69, 9.17) is 14.6 Å². The SMILES string of the molecule is C=CC(C1=CC(=O)C(OC)=CC1=O)c1ccc(OC)cc1.O=C(O)CCCCCCCCCCCCC1C=CCC1. The van der Waals surface area contributed by atoms with Gasteiger partial charge >= 0.3 is 5.97 Å². The van der Waals surface area contributed by atoms with E-state index >= 15 is 0 Å². The van der Waals surface area contributed by atoms with Crippen molar-refractivity contribution in [1.29, 1.82) is 0 Å². The van der Waals surface area contributed by atoms with Crippen molar-refractivity contribution in [3.05, 3.63) is 78.1 Å². The van der Waals surface area contributed by atoms with Crippen LogP contribution in [0, 0.1) is 5.92 Å². The molecular formula is C35H48O6. The number of hydrogen-bond donors (Lipinski definition) is 1. The third-order valence-corrected chi connectivity index (χ3v) is 7.67. The molecule has 2 aliphatic rings. The van der Waals surface area contributed by atoms with Gasteiger partial charge in [-0.25, -0.2) is 0 Å². The number of benzene rings is 1. The lowest BCUT2D eigenvalue weighted by Crippen LogP contribution is -2.18. The van der Waals surface area contributed by atoms with E-state index < -0.39 is 5.97 Å². The maximum absolute atomic E-state index is 12.2. The number of methoxy groups -OCH3 is 2. The lowest BCUT2D eigenvalue weighted by atomic mass is 9.85. The molecule has 0 fully saturated rings. The van der Waals surface area contributed by atoms with E-state index in [2.05, 4.69) is 18.7 Å². The van der Waals surface area contributed by atoms with Crippen LogP contribution in [0.15, 0.2) is 72.6 Å². The molecule has 6 heteroatoms. The maximum atomic E-state index is 12.2. The van der Waals surface area contributed by atoms with Gasteiger partial charge in [-0.1, -0.05) is 88.1 Å². The molecule has 224 valence electrons. The molecule has 3 rings (SSSR count). The summed E-state index contributed by atoms with van der Waals surface area (Å²) in [6.45, 7) is 3.77. The minimum atomic E-state index is -0.655. The van der Waals surface area contributed by atoms with Crippen molar-refractivity contribution >= 4 is 17.5 Å². The number of aliphatic carboxylic acids is 1. The van der Waals surface area contributed by atoms with Crippen LogP contribution in [-0.4, -0.2) is 36.9 Å². The summed E-state index contributed by atoms with van der Waals surface area (Å²) in [6.07, 6.45) is 26.1. The second-order valence-corrected chi connectivity index (χ2v) is 10.8. The highest BCUT2D eigenvalue weighted by Crippen LogP contribution is 2.30. The zero-order chi connectivity index (χ0) is 29.9. The highest BCUT2D eigenvalue weighted by atomic mass is 16.5. The number of ketones is 2. The molecule has 6 nitrogen and oxygen atoms in total. The molecule has 41 heavy (non-hydrogen) atoms. The number of rotatable bonds is 18. The maximum Gasteiger partial charge on any atom is 0.303 e. The number of carboxylic acids is 1. The first-order valence-electron chi connectivity index (χ1n) is 15.1. The fourth-order valence-electron chi connectivity index (χ4n) is 5.25. The summed E-state index contributed by atoms with van der Waals surface area (Å²) in [4.78, 5) is 34.4. The second kappa shape index (κ2) is 19.6. The summed E-state index contributed by atoms with van der Waals surface area (Å²) < 4.78 is 9.98. The van der Waals surface area contributed by atoms with Crippen molar-refractivity contribution in [2.24, 2.45) is 5.92 Å². The first kappa shape index (κ1) is 33.8. The van der Waals surface area contributed by atoms with Gasteiger partial charge in [0.1, 0.15) is 5.75 Å². The predicted molar refractivity (Wildman–Crippen MR) is 164 cm³/mol. The van der Waals surface area contributed by atoms with Gasteiger partial charge in [-0.15, -0.1) is 6.58 Å². The van der Waals surface area contributed by atoms with E-state index in [1.165, 1.54) is 89.9 Å². The number of carbonyl (C=O) groups is 3. The van der Waals surface area contributed by atoms with Crippen LogP contribution in [0.1, 0.15) is 101 Å². The van der Waals surface area contributed by atoms with Crippen LogP contribution in [0.5, 0.6) is 5.75 Å². The third kappa shape index (κ3) is 12.8. The Kier molecular flexibility index (Phi) is 16.2. The number of unbranched alkanes of at least 4 members (excludes halogenated alkanes) is 9. The Morgan fingerprint density at radius 1 is 0.902 bits per heavy atom. The molecule has 0 radical (unpaired) electrons. The van der Waals surface area contributed by atoms with Gasteiger partial charge in [-0.05, 0) is 55.4 Å². The first-order chi connectivity index (χ1) is 19.9. The number of hydrogen-bond acceptors (Lipinski definition) is 5. The van der Waals surface area contributed by atoms with Gasteiger partial charge in [0, 0.05) is 24.0 Å². The number of carbonyl (C=O) groups excluding carboxylic acids is 2. The summed E-state index contributed by atoms with van der Waals surface area (Å²) in [5.74, 6) is 0.116. The molecule has 0 aliphatic heterocycles. The Balaban J connectivity index is 0.000000287. The van der Waals surface area contributed by atoms with E-state index in [1.807, 2.05) is 12.1 Å². The van der Waals surface area contributed by atoms with Gasteiger partial charge in [0.25, 0.3) is 0 Å². The summed E-state index contributed by atoms with van der Waals surface area (Å²) in [5, 5.41) is 8.52. The van der Waals surface area contributed by atoms with Crippen LogP contribution in [-0.2, 0) is 19.1 Å². The third-order valence-electron chi connectivity index (χ3n) is 7.67. The van der Waals surface area contributed by atoms with E-state index in [1.54, 1.807) is 25.3 Å². The fraction of sp³-hybridized carbons (Fsp3) is 0.514. The topological polar surface area (TPSA) is 89.9 Å². The van der Waals surface area contributed by atoms with E-state index in [-0.39, 0.29) is 23.2 Å². The Bertz CT molecular complexity index is 1060. The van der Waals surface area contributed by atoms with Gasteiger partial charge < -0.3 is 14.6 Å². The molecule has 1 N–H and O–H groups in total. The van der Waals surface area contributed by atoms with Gasteiger partial charge in [-0.2, -0.15) is 0 Å². The average Bonchev–Trinajstić information content (AvgIpc) is 3.50. The van der Waals surface area contributed by atoms with E-state index in [0.717, 1.165) is 30.1 Å². The van der Waals surface area contributed by atoms with Crippen LogP contribution in [0.4, 0.5) is 0 Å². The Labute approximate surface area is 246 Å². The summed E-state index contributed by atoms with van der Waals surface area (Å²) >= 11 is 0. The Morgan fingerprint density at radius 2 is 1.51 bits per heavy atom. The Morgan fingerprint density at radius 3 is 2.02 bits per heavy atom. The molecule has 0 heterocycles. The van der Waals surface area contributed by atoms with Crippen LogP contribution in [0.3, 0.4) is 0 Å². The zero-order valence-electron chi connectivity index (χ0n) is 24.9. The second-order valence-electron chi connectivity index (χ2n) is 10.8. The molecule has 0 saturated heterocycles. The predicted octanol–water partition coefficient (Wildman–Crippen LogP) is 8.29. The minimum absolute atomic E-state index is 0.0568. The molecule has 0 bridgehead atoms. The molecule has 0 saturated carbocycles. The van der Waals surface area contributed by atoms with Crippen LogP contribution in [0.2, 0.25) is 0 Å². The standard InChI is InChI=1S/C18H32O2.C17H16O4/c19-18(20)16-10-8-6-4-2-1-3-5-7-9-13-17-14-11-12-15-17;1-4-13(11-5-7-12(20-2)8-6-11)14-9-16(19)17(21-3)10-15(14)18/h11,14,17H,1-10,12-13,15-16H2,(H,19,20);4-10,13H,1H2,2-3H3. The van der Waals surface area contributed by atoms with Crippen molar-refractivity contribution in [3.8, 4) is 5.75 Å². The normalized spacial score (nSPS) is 16.8. The highest BCUT2D eigenvalue weighted by Gasteiger charge is 2.26.